The van der Waals surface area contributed by atoms with Crippen molar-refractivity contribution in [2.24, 2.45) is 0 Å². The lowest BCUT2D eigenvalue weighted by Gasteiger charge is -2.05. The number of hydrogen-bond donors (Lipinski definition) is 0. The van der Waals surface area contributed by atoms with Gasteiger partial charge in [0.1, 0.15) is 5.75 Å². The fourth-order valence-corrected chi connectivity index (χ4v) is 1.81. The van der Waals surface area contributed by atoms with E-state index in [1.807, 2.05) is 18.2 Å². The topological polar surface area (TPSA) is 70.0 Å². The van der Waals surface area contributed by atoms with E-state index in [1.165, 1.54) is 7.11 Å². The zero-order valence-corrected chi connectivity index (χ0v) is 11.2. The second-order valence-corrected chi connectivity index (χ2v) is 4.17. The molecule has 0 saturated carbocycles. The third kappa shape index (κ3) is 2.60. The van der Waals surface area contributed by atoms with E-state index in [2.05, 4.69) is 19.9 Å². The SMILES string of the molecule is COc1nc(Cl)nc(Oc2ccc3cccnc3c2)n1. The van der Waals surface area contributed by atoms with Crippen LogP contribution in [-0.2, 0) is 0 Å². The normalized spacial score (nSPS) is 10.5. The van der Waals surface area contributed by atoms with Crippen molar-refractivity contribution in [1.82, 2.24) is 19.9 Å². The number of aromatic nitrogens is 4. The minimum absolute atomic E-state index is 0.00534. The van der Waals surface area contributed by atoms with Crippen molar-refractivity contribution in [2.45, 2.75) is 0 Å². The number of pyridine rings is 1. The molecule has 100 valence electrons. The van der Waals surface area contributed by atoms with Gasteiger partial charge in [0.25, 0.3) is 0 Å². The third-order valence-electron chi connectivity index (χ3n) is 2.54. The van der Waals surface area contributed by atoms with Crippen LogP contribution >= 0.6 is 11.6 Å². The Bertz CT molecular complexity index is 766. The van der Waals surface area contributed by atoms with Crippen molar-refractivity contribution >= 4 is 22.5 Å². The van der Waals surface area contributed by atoms with Crippen molar-refractivity contribution in [2.75, 3.05) is 7.11 Å². The summed E-state index contributed by atoms with van der Waals surface area (Å²) in [6.45, 7) is 0. The molecule has 0 N–H and O–H groups in total. The third-order valence-corrected chi connectivity index (χ3v) is 2.71. The van der Waals surface area contributed by atoms with Crippen LogP contribution in [0.25, 0.3) is 10.9 Å². The molecule has 20 heavy (non-hydrogen) atoms. The Balaban J connectivity index is 1.94. The summed E-state index contributed by atoms with van der Waals surface area (Å²) in [5, 5.41) is 1.02. The van der Waals surface area contributed by atoms with Crippen LogP contribution in [0, 0.1) is 0 Å². The molecule has 6 nitrogen and oxygen atoms in total. The lowest BCUT2D eigenvalue weighted by Crippen LogP contribution is -1.98. The molecular formula is C13H9ClN4O2. The van der Waals surface area contributed by atoms with E-state index in [1.54, 1.807) is 18.3 Å². The Morgan fingerprint density at radius 2 is 1.90 bits per heavy atom. The average molecular weight is 289 g/mol. The fourth-order valence-electron chi connectivity index (χ4n) is 1.67. The highest BCUT2D eigenvalue weighted by molar-refractivity contribution is 6.28. The maximum Gasteiger partial charge on any atom is 0.329 e. The minimum Gasteiger partial charge on any atom is -0.467 e. The molecular weight excluding hydrogens is 280 g/mol. The molecule has 0 atom stereocenters. The smallest absolute Gasteiger partial charge is 0.329 e. The van der Waals surface area contributed by atoms with Crippen molar-refractivity contribution in [3.05, 3.63) is 41.8 Å². The van der Waals surface area contributed by atoms with Gasteiger partial charge in [0.15, 0.2) is 0 Å². The van der Waals surface area contributed by atoms with Gasteiger partial charge in [0, 0.05) is 17.6 Å². The molecule has 0 unspecified atom stereocenters. The van der Waals surface area contributed by atoms with Crippen molar-refractivity contribution < 1.29 is 9.47 Å². The fraction of sp³-hybridized carbons (Fsp3) is 0.0769. The first kappa shape index (κ1) is 12.6. The Morgan fingerprint density at radius 3 is 2.75 bits per heavy atom. The summed E-state index contributed by atoms with van der Waals surface area (Å²) in [6.07, 6.45) is 1.72. The molecule has 2 aromatic heterocycles. The van der Waals surface area contributed by atoms with Crippen LogP contribution < -0.4 is 9.47 Å². The second-order valence-electron chi connectivity index (χ2n) is 3.83. The molecule has 0 aliphatic carbocycles. The van der Waals surface area contributed by atoms with Crippen LogP contribution in [-0.4, -0.2) is 27.0 Å². The molecule has 0 aliphatic rings. The van der Waals surface area contributed by atoms with Crippen LogP contribution in [0.5, 0.6) is 17.8 Å². The van der Waals surface area contributed by atoms with Gasteiger partial charge in [-0.3, -0.25) is 4.98 Å². The number of ether oxygens (including phenoxy) is 2. The van der Waals surface area contributed by atoms with E-state index in [-0.39, 0.29) is 17.3 Å². The average Bonchev–Trinajstić information content (AvgIpc) is 2.46. The molecule has 0 amide bonds. The summed E-state index contributed by atoms with van der Waals surface area (Å²) in [5.41, 5.74) is 0.817. The van der Waals surface area contributed by atoms with Crippen LogP contribution in [0.2, 0.25) is 5.28 Å². The number of halogens is 1. The molecule has 3 aromatic rings. The van der Waals surface area contributed by atoms with E-state index >= 15 is 0 Å². The predicted molar refractivity (Wildman–Crippen MR) is 73.2 cm³/mol. The highest BCUT2D eigenvalue weighted by Gasteiger charge is 2.08. The van der Waals surface area contributed by atoms with E-state index in [0.717, 1.165) is 10.9 Å². The number of benzene rings is 1. The van der Waals surface area contributed by atoms with Crippen molar-refractivity contribution in [1.29, 1.82) is 0 Å². The molecule has 7 heteroatoms. The number of fused-ring (bicyclic) bond motifs is 1. The van der Waals surface area contributed by atoms with Gasteiger partial charge in [-0.2, -0.15) is 9.97 Å². The van der Waals surface area contributed by atoms with E-state index < -0.39 is 0 Å². The minimum atomic E-state index is 0.00534. The second kappa shape index (κ2) is 5.26. The Hall–Kier alpha value is -2.47. The zero-order valence-electron chi connectivity index (χ0n) is 10.4. The van der Waals surface area contributed by atoms with Gasteiger partial charge in [-0.05, 0) is 29.8 Å². The first-order valence-electron chi connectivity index (χ1n) is 5.73. The van der Waals surface area contributed by atoms with Crippen LogP contribution in [0.4, 0.5) is 0 Å². The van der Waals surface area contributed by atoms with Crippen molar-refractivity contribution in [3.8, 4) is 17.8 Å². The Morgan fingerprint density at radius 1 is 1.05 bits per heavy atom. The zero-order chi connectivity index (χ0) is 13.9. The van der Waals surface area contributed by atoms with Gasteiger partial charge in [-0.1, -0.05) is 6.07 Å². The predicted octanol–water partition coefficient (Wildman–Crippen LogP) is 2.87. The summed E-state index contributed by atoms with van der Waals surface area (Å²) in [4.78, 5) is 15.9. The number of nitrogens with zero attached hydrogens (tertiary/aromatic N) is 4. The van der Waals surface area contributed by atoms with Gasteiger partial charge in [0.05, 0.1) is 12.6 Å². The van der Waals surface area contributed by atoms with E-state index in [0.29, 0.717) is 5.75 Å². The summed E-state index contributed by atoms with van der Waals surface area (Å²) in [6, 6.07) is 9.50. The lowest BCUT2D eigenvalue weighted by molar-refractivity contribution is 0.359. The van der Waals surface area contributed by atoms with Crippen LogP contribution in [0.3, 0.4) is 0 Å². The number of rotatable bonds is 3. The molecule has 0 saturated heterocycles. The molecule has 0 spiro atoms. The van der Waals surface area contributed by atoms with Gasteiger partial charge < -0.3 is 9.47 Å². The molecule has 3 rings (SSSR count). The van der Waals surface area contributed by atoms with Crippen LogP contribution in [0.15, 0.2) is 36.5 Å². The summed E-state index contributed by atoms with van der Waals surface area (Å²) < 4.78 is 10.4. The molecule has 0 aliphatic heterocycles. The molecule has 0 bridgehead atoms. The molecule has 1 aromatic carbocycles. The monoisotopic (exact) mass is 288 g/mol. The first-order valence-corrected chi connectivity index (χ1v) is 6.10. The quantitative estimate of drug-likeness (QED) is 0.738. The van der Waals surface area contributed by atoms with Crippen LogP contribution in [0.1, 0.15) is 0 Å². The number of methoxy groups -OCH3 is 1. The highest BCUT2D eigenvalue weighted by atomic mass is 35.5. The Kier molecular flexibility index (Phi) is 3.30. The van der Waals surface area contributed by atoms with E-state index in [4.69, 9.17) is 21.1 Å². The standard InChI is InChI=1S/C13H9ClN4O2/c1-19-12-16-11(14)17-13(18-12)20-9-5-4-8-3-2-6-15-10(8)7-9/h2-7H,1H3. The molecule has 2 heterocycles. The van der Waals surface area contributed by atoms with Gasteiger partial charge in [-0.15, -0.1) is 4.98 Å². The van der Waals surface area contributed by atoms with Gasteiger partial charge >= 0.3 is 12.0 Å². The largest absolute Gasteiger partial charge is 0.467 e. The first-order chi connectivity index (χ1) is 9.74. The molecule has 0 radical (unpaired) electrons. The summed E-state index contributed by atoms with van der Waals surface area (Å²) in [5.74, 6) is 0.556. The maximum atomic E-state index is 5.76. The molecule has 0 fully saturated rings. The summed E-state index contributed by atoms with van der Waals surface area (Å²) in [7, 11) is 1.44. The van der Waals surface area contributed by atoms with Crippen molar-refractivity contribution in [3.63, 3.8) is 0 Å². The highest BCUT2D eigenvalue weighted by Crippen LogP contribution is 2.23. The van der Waals surface area contributed by atoms with Gasteiger partial charge in [0.2, 0.25) is 5.28 Å². The number of hydrogen-bond acceptors (Lipinski definition) is 6. The lowest BCUT2D eigenvalue weighted by atomic mass is 10.2. The van der Waals surface area contributed by atoms with E-state index in [9.17, 15) is 0 Å². The summed E-state index contributed by atoms with van der Waals surface area (Å²) >= 11 is 5.76. The van der Waals surface area contributed by atoms with Gasteiger partial charge in [-0.25, -0.2) is 0 Å². The Labute approximate surface area is 119 Å². The maximum absolute atomic E-state index is 5.76.